The lowest BCUT2D eigenvalue weighted by Gasteiger charge is -2.12. The van der Waals surface area contributed by atoms with Gasteiger partial charge in [0.1, 0.15) is 11.6 Å². The Kier molecular flexibility index (Phi) is 5.30. The van der Waals surface area contributed by atoms with Gasteiger partial charge in [0, 0.05) is 11.3 Å². The van der Waals surface area contributed by atoms with E-state index in [1.165, 1.54) is 31.4 Å². The molecular weight excluding hydrogens is 301 g/mol. The summed E-state index contributed by atoms with van der Waals surface area (Å²) in [5.74, 6) is -0.738. The number of nitrogens with one attached hydrogen (secondary N) is 1. The van der Waals surface area contributed by atoms with Crippen molar-refractivity contribution >= 4 is 17.6 Å². The van der Waals surface area contributed by atoms with Crippen LogP contribution in [0.15, 0.2) is 48.5 Å². The molecule has 0 saturated carbocycles. The quantitative estimate of drug-likeness (QED) is 0.861. The number of halogens is 1. The summed E-state index contributed by atoms with van der Waals surface area (Å²) in [7, 11) is 1.28. The first-order valence-corrected chi connectivity index (χ1v) is 6.91. The van der Waals surface area contributed by atoms with Gasteiger partial charge in [0.25, 0.3) is 5.91 Å². The van der Waals surface area contributed by atoms with Crippen molar-refractivity contribution in [3.63, 3.8) is 0 Å². The molecule has 0 aliphatic heterocycles. The van der Waals surface area contributed by atoms with Crippen LogP contribution in [0.25, 0.3) is 0 Å². The highest BCUT2D eigenvalue weighted by Crippen LogP contribution is 2.16. The van der Waals surface area contributed by atoms with Gasteiger partial charge in [-0.25, -0.2) is 9.18 Å². The third kappa shape index (κ3) is 4.54. The minimum Gasteiger partial charge on any atom is -0.479 e. The van der Waals surface area contributed by atoms with Gasteiger partial charge in [0.15, 0.2) is 6.10 Å². The summed E-state index contributed by atoms with van der Waals surface area (Å²) in [4.78, 5) is 23.3. The highest BCUT2D eigenvalue weighted by Gasteiger charge is 2.15. The number of hydrogen-bond donors (Lipinski definition) is 1. The Labute approximate surface area is 133 Å². The van der Waals surface area contributed by atoms with Crippen molar-refractivity contribution in [1.82, 2.24) is 0 Å². The first-order valence-electron chi connectivity index (χ1n) is 6.91. The number of rotatable bonds is 5. The van der Waals surface area contributed by atoms with Crippen LogP contribution in [-0.2, 0) is 9.53 Å². The average molecular weight is 317 g/mol. The number of anilines is 1. The molecule has 120 valence electrons. The maximum absolute atomic E-state index is 12.8. The van der Waals surface area contributed by atoms with Gasteiger partial charge in [-0.05, 0) is 55.5 Å². The van der Waals surface area contributed by atoms with E-state index in [1.807, 2.05) is 0 Å². The minimum atomic E-state index is -0.737. The fourth-order valence-electron chi connectivity index (χ4n) is 1.84. The zero-order valence-electron chi connectivity index (χ0n) is 12.7. The van der Waals surface area contributed by atoms with Crippen molar-refractivity contribution in [1.29, 1.82) is 0 Å². The van der Waals surface area contributed by atoms with Gasteiger partial charge >= 0.3 is 5.97 Å². The highest BCUT2D eigenvalue weighted by molar-refractivity contribution is 6.04. The van der Waals surface area contributed by atoms with Crippen LogP contribution in [0.2, 0.25) is 0 Å². The van der Waals surface area contributed by atoms with E-state index >= 15 is 0 Å². The largest absolute Gasteiger partial charge is 0.479 e. The predicted octanol–water partition coefficient (Wildman–Crippen LogP) is 3.02. The second-order valence-corrected chi connectivity index (χ2v) is 4.77. The third-order valence-corrected chi connectivity index (χ3v) is 3.06. The van der Waals surface area contributed by atoms with Gasteiger partial charge in [-0.1, -0.05) is 0 Å². The van der Waals surface area contributed by atoms with E-state index in [0.717, 1.165) is 0 Å². The maximum atomic E-state index is 12.8. The van der Waals surface area contributed by atoms with E-state index in [9.17, 15) is 14.0 Å². The van der Waals surface area contributed by atoms with Gasteiger partial charge in [-0.15, -0.1) is 0 Å². The molecule has 0 saturated heterocycles. The Balaban J connectivity index is 1.99. The third-order valence-electron chi connectivity index (χ3n) is 3.06. The lowest BCUT2D eigenvalue weighted by Crippen LogP contribution is -2.24. The van der Waals surface area contributed by atoms with Crippen molar-refractivity contribution in [3.05, 3.63) is 59.9 Å². The second-order valence-electron chi connectivity index (χ2n) is 4.77. The van der Waals surface area contributed by atoms with Crippen LogP contribution in [-0.4, -0.2) is 25.1 Å². The van der Waals surface area contributed by atoms with Crippen molar-refractivity contribution in [2.45, 2.75) is 13.0 Å². The normalized spacial score (nSPS) is 11.4. The summed E-state index contributed by atoms with van der Waals surface area (Å²) in [6.07, 6.45) is -0.737. The molecular formula is C17H16FNO4. The molecule has 0 radical (unpaired) electrons. The number of methoxy groups -OCH3 is 1. The summed E-state index contributed by atoms with van der Waals surface area (Å²) < 4.78 is 22.8. The molecule has 2 aromatic carbocycles. The van der Waals surface area contributed by atoms with Crippen molar-refractivity contribution in [2.75, 3.05) is 12.4 Å². The molecule has 0 bridgehead atoms. The Morgan fingerprint density at radius 1 is 1.04 bits per heavy atom. The van der Waals surface area contributed by atoms with Gasteiger partial charge in [0.05, 0.1) is 7.11 Å². The van der Waals surface area contributed by atoms with Crippen LogP contribution in [0.3, 0.4) is 0 Å². The summed E-state index contributed by atoms with van der Waals surface area (Å²) >= 11 is 0. The van der Waals surface area contributed by atoms with Gasteiger partial charge < -0.3 is 14.8 Å². The zero-order chi connectivity index (χ0) is 16.8. The Hall–Kier alpha value is -2.89. The molecule has 0 fully saturated rings. The van der Waals surface area contributed by atoms with E-state index < -0.39 is 12.1 Å². The number of amides is 1. The summed E-state index contributed by atoms with van der Waals surface area (Å²) in [5, 5.41) is 2.65. The fourth-order valence-corrected chi connectivity index (χ4v) is 1.84. The first kappa shape index (κ1) is 16.5. The molecule has 0 aliphatic rings. The molecule has 2 rings (SSSR count). The van der Waals surface area contributed by atoms with E-state index in [1.54, 1.807) is 31.2 Å². The first-order chi connectivity index (χ1) is 11.0. The standard InChI is InChI=1S/C17H16FNO4/c1-11(17(21)22-2)23-15-9-3-12(4-10-15)16(20)19-14-7-5-13(18)6-8-14/h3-11H,1-2H3,(H,19,20)/t11-/m0/s1. The molecule has 5 nitrogen and oxygen atoms in total. The molecule has 0 heterocycles. The van der Waals surface area contributed by atoms with Crippen LogP contribution in [0.1, 0.15) is 17.3 Å². The molecule has 0 unspecified atom stereocenters. The molecule has 0 spiro atoms. The van der Waals surface area contributed by atoms with Crippen molar-refractivity contribution in [2.24, 2.45) is 0 Å². The van der Waals surface area contributed by atoms with Crippen molar-refractivity contribution in [3.8, 4) is 5.75 Å². The van der Waals surface area contributed by atoms with Crippen LogP contribution in [0.4, 0.5) is 10.1 Å². The lowest BCUT2D eigenvalue weighted by molar-refractivity contribution is -0.147. The smallest absolute Gasteiger partial charge is 0.346 e. The van der Waals surface area contributed by atoms with Crippen LogP contribution in [0, 0.1) is 5.82 Å². The average Bonchev–Trinajstić information content (AvgIpc) is 2.56. The summed E-state index contributed by atoms with van der Waals surface area (Å²) in [6, 6.07) is 11.8. The van der Waals surface area contributed by atoms with Crippen LogP contribution in [0.5, 0.6) is 5.75 Å². The van der Waals surface area contributed by atoms with E-state index in [4.69, 9.17) is 4.74 Å². The lowest BCUT2D eigenvalue weighted by atomic mass is 10.2. The Morgan fingerprint density at radius 2 is 1.65 bits per heavy atom. The van der Waals surface area contributed by atoms with Crippen LogP contribution >= 0.6 is 0 Å². The van der Waals surface area contributed by atoms with Crippen LogP contribution < -0.4 is 10.1 Å². The summed E-state index contributed by atoms with van der Waals surface area (Å²) in [5.41, 5.74) is 0.906. The minimum absolute atomic E-state index is 0.329. The van der Waals surface area contributed by atoms with Gasteiger partial charge in [-0.3, -0.25) is 4.79 Å². The molecule has 1 amide bonds. The molecule has 23 heavy (non-hydrogen) atoms. The number of ether oxygens (including phenoxy) is 2. The number of carbonyl (C=O) groups excluding carboxylic acids is 2. The highest BCUT2D eigenvalue weighted by atomic mass is 19.1. The molecule has 0 aromatic heterocycles. The molecule has 1 N–H and O–H groups in total. The number of carbonyl (C=O) groups is 2. The van der Waals surface area contributed by atoms with Crippen molar-refractivity contribution < 1.29 is 23.5 Å². The monoisotopic (exact) mass is 317 g/mol. The van der Waals surface area contributed by atoms with Gasteiger partial charge in [0.2, 0.25) is 0 Å². The Bertz CT molecular complexity index is 683. The van der Waals surface area contributed by atoms with Gasteiger partial charge in [-0.2, -0.15) is 0 Å². The Morgan fingerprint density at radius 3 is 2.22 bits per heavy atom. The number of hydrogen-bond acceptors (Lipinski definition) is 4. The summed E-state index contributed by atoms with van der Waals surface area (Å²) in [6.45, 7) is 1.57. The zero-order valence-corrected chi connectivity index (χ0v) is 12.7. The molecule has 2 aromatic rings. The number of benzene rings is 2. The predicted molar refractivity (Wildman–Crippen MR) is 82.9 cm³/mol. The van der Waals surface area contributed by atoms with E-state index in [0.29, 0.717) is 17.0 Å². The second kappa shape index (κ2) is 7.40. The SMILES string of the molecule is COC(=O)[C@H](C)Oc1ccc(C(=O)Nc2ccc(F)cc2)cc1. The number of esters is 1. The maximum Gasteiger partial charge on any atom is 0.346 e. The fraction of sp³-hybridized carbons (Fsp3) is 0.176. The van der Waals surface area contributed by atoms with E-state index in [-0.39, 0.29) is 11.7 Å². The molecule has 0 aliphatic carbocycles. The van der Waals surface area contributed by atoms with E-state index in [2.05, 4.69) is 10.1 Å². The molecule has 1 atom stereocenters. The topological polar surface area (TPSA) is 64.6 Å². The molecule has 6 heteroatoms.